The van der Waals surface area contributed by atoms with Crippen molar-refractivity contribution < 1.29 is 4.42 Å². The Kier molecular flexibility index (Phi) is 6.10. The summed E-state index contributed by atoms with van der Waals surface area (Å²) in [5, 5.41) is 13.1. The Bertz CT molecular complexity index is 3690. The summed E-state index contributed by atoms with van der Waals surface area (Å²) in [5.41, 5.74) is 14.0. The minimum absolute atomic E-state index is 0.335. The second-order valence-corrected chi connectivity index (χ2v) is 18.3. The Hall–Kier alpha value is -6.90. The van der Waals surface area contributed by atoms with Crippen LogP contribution in [0.4, 0.5) is 0 Å². The van der Waals surface area contributed by atoms with Crippen molar-refractivity contribution in [3.8, 4) is 16.8 Å². The van der Waals surface area contributed by atoms with E-state index in [0.717, 1.165) is 40.5 Å². The lowest BCUT2D eigenvalue weighted by Crippen LogP contribution is -2.04. The summed E-state index contributed by atoms with van der Waals surface area (Å²) in [6.45, 7) is 0. The van der Waals surface area contributed by atoms with Crippen LogP contribution in [0.25, 0.3) is 92.9 Å². The van der Waals surface area contributed by atoms with Crippen molar-refractivity contribution in [2.75, 3.05) is 0 Å². The largest absolute Gasteiger partial charge is 0.456 e. The molecule has 0 aliphatic heterocycles. The van der Waals surface area contributed by atoms with E-state index in [-0.39, 0.29) is 0 Å². The summed E-state index contributed by atoms with van der Waals surface area (Å²) in [6, 6.07) is 48.6. The maximum Gasteiger partial charge on any atom is 0.135 e. The van der Waals surface area contributed by atoms with Crippen LogP contribution in [-0.2, 0) is 6.42 Å². The molecular formula is C58H39NO. The number of hydrogen-bond acceptors (Lipinski definition) is 1. The molecule has 0 spiro atoms. The van der Waals surface area contributed by atoms with Crippen molar-refractivity contribution in [1.29, 1.82) is 0 Å². The van der Waals surface area contributed by atoms with E-state index < -0.39 is 0 Å². The first kappa shape index (κ1) is 32.0. The van der Waals surface area contributed by atoms with Gasteiger partial charge in [0.2, 0.25) is 0 Å². The predicted molar refractivity (Wildman–Crippen MR) is 250 cm³/mol. The molecule has 2 heterocycles. The molecule has 8 aromatic carbocycles. The maximum atomic E-state index is 6.22. The van der Waals surface area contributed by atoms with Gasteiger partial charge in [-0.25, -0.2) is 0 Å². The second-order valence-electron chi connectivity index (χ2n) is 18.3. The van der Waals surface area contributed by atoms with E-state index in [1.165, 1.54) is 81.9 Å². The minimum Gasteiger partial charge on any atom is -0.456 e. The van der Waals surface area contributed by atoms with Gasteiger partial charge in [0.15, 0.2) is 0 Å². The number of aromatic nitrogens is 1. The van der Waals surface area contributed by atoms with E-state index >= 15 is 0 Å². The molecule has 0 radical (unpaired) electrons. The summed E-state index contributed by atoms with van der Waals surface area (Å²) in [7, 11) is 0. The van der Waals surface area contributed by atoms with E-state index in [4.69, 9.17) is 4.42 Å². The molecule has 0 N–H and O–H groups in total. The van der Waals surface area contributed by atoms with E-state index in [1.807, 2.05) is 6.07 Å². The normalized spacial score (nSPS) is 23.3. The van der Waals surface area contributed by atoms with Crippen molar-refractivity contribution in [2.45, 2.75) is 30.6 Å². The summed E-state index contributed by atoms with van der Waals surface area (Å²) in [4.78, 5) is 0. The minimum atomic E-state index is 0.335. The first-order valence-corrected chi connectivity index (χ1v) is 21.9. The fraction of sp³-hybridized carbons (Fsp3) is 0.138. The van der Waals surface area contributed by atoms with Crippen molar-refractivity contribution in [1.82, 2.24) is 4.57 Å². The molecule has 1 saturated carbocycles. The van der Waals surface area contributed by atoms with Crippen LogP contribution in [0.5, 0.6) is 0 Å². The standard InChI is InChI=1S/C58H39NO/c1-3-10-54-40(8-1)51-26-36(17-22-55(51)59(54)38-18-23-57-52(28-38)41-9-2-4-11-56(41)60-57)35-16-19-39-46(25-35)50-31-53-45(34-14-20-42-43(21-15-34)58(42)53)30-49(50)47-27-37-24-32-6-5-7-33(13-12-32)44(37)29-48(39)47/h1-5,7-23,25-34,42-43,58H,6,24H2. The molecular weight excluding hydrogens is 727 g/mol. The lowest BCUT2D eigenvalue weighted by Gasteiger charge is -2.21. The van der Waals surface area contributed by atoms with Gasteiger partial charge in [0.05, 0.1) is 11.0 Å². The maximum absolute atomic E-state index is 6.22. The quantitative estimate of drug-likeness (QED) is 0.127. The first-order valence-electron chi connectivity index (χ1n) is 21.9. The summed E-state index contributed by atoms with van der Waals surface area (Å²) < 4.78 is 8.64. The molecule has 0 amide bonds. The van der Waals surface area contributed by atoms with Gasteiger partial charge in [-0.15, -0.1) is 0 Å². The third-order valence-corrected chi connectivity index (χ3v) is 15.2. The van der Waals surface area contributed by atoms with Gasteiger partial charge in [0.1, 0.15) is 11.2 Å². The zero-order chi connectivity index (χ0) is 38.8. The molecule has 6 aliphatic carbocycles. The first-order chi connectivity index (χ1) is 29.7. The topological polar surface area (TPSA) is 18.1 Å². The number of fused-ring (bicyclic) bond motifs is 16. The van der Waals surface area contributed by atoms with Crippen LogP contribution >= 0.6 is 0 Å². The molecule has 282 valence electrons. The molecule has 2 heteroatoms. The molecule has 2 nitrogen and oxygen atoms in total. The van der Waals surface area contributed by atoms with Gasteiger partial charge >= 0.3 is 0 Å². The lowest BCUT2D eigenvalue weighted by atomic mass is 9.82. The summed E-state index contributed by atoms with van der Waals surface area (Å²) in [6.07, 6.45) is 22.0. The summed E-state index contributed by atoms with van der Waals surface area (Å²) in [5.74, 6) is 3.12. The van der Waals surface area contributed by atoms with Gasteiger partial charge in [-0.1, -0.05) is 109 Å². The molecule has 16 rings (SSSR count). The van der Waals surface area contributed by atoms with Crippen LogP contribution in [0.15, 0.2) is 180 Å². The number of rotatable bonds is 2. The van der Waals surface area contributed by atoms with Gasteiger partial charge in [0.25, 0.3) is 0 Å². The average molecular weight is 766 g/mol. The second kappa shape index (κ2) is 11.4. The Morgan fingerprint density at radius 1 is 0.433 bits per heavy atom. The molecule has 10 aromatic rings. The number of hydrogen-bond donors (Lipinski definition) is 0. The van der Waals surface area contributed by atoms with Crippen LogP contribution < -0.4 is 0 Å². The molecule has 1 fully saturated rings. The zero-order valence-corrected chi connectivity index (χ0v) is 33.0. The van der Waals surface area contributed by atoms with Gasteiger partial charge in [-0.3, -0.25) is 0 Å². The third kappa shape index (κ3) is 4.28. The van der Waals surface area contributed by atoms with Crippen LogP contribution in [0.2, 0.25) is 0 Å². The van der Waals surface area contributed by atoms with Crippen LogP contribution in [0.1, 0.15) is 46.4 Å². The fourth-order valence-electron chi connectivity index (χ4n) is 12.2. The highest BCUT2D eigenvalue weighted by atomic mass is 16.3. The van der Waals surface area contributed by atoms with Crippen molar-refractivity contribution in [3.05, 3.63) is 198 Å². The van der Waals surface area contributed by atoms with Crippen LogP contribution in [0, 0.1) is 17.8 Å². The molecule has 4 atom stereocenters. The summed E-state index contributed by atoms with van der Waals surface area (Å²) >= 11 is 0. The highest BCUT2D eigenvalue weighted by molar-refractivity contribution is 6.26. The van der Waals surface area contributed by atoms with Crippen molar-refractivity contribution >= 4 is 76.1 Å². The SMILES string of the molecule is C1=CC2C=CC(C1)Cc1cc3c(cc12)c1ccc(-c2ccc4c(c2)c2ccccc2n4-c2ccc4oc5ccccc5c4c2)cc1c1cc2c(cc31)C1C=CC3C(C=C1)C23. The lowest BCUT2D eigenvalue weighted by molar-refractivity contribution is 0.660. The third-order valence-electron chi connectivity index (χ3n) is 15.2. The molecule has 2 aromatic heterocycles. The van der Waals surface area contributed by atoms with E-state index in [1.54, 1.807) is 5.56 Å². The fourth-order valence-corrected chi connectivity index (χ4v) is 12.2. The smallest absolute Gasteiger partial charge is 0.135 e. The van der Waals surface area contributed by atoms with Gasteiger partial charge in [0, 0.05) is 39.1 Å². The van der Waals surface area contributed by atoms with E-state index in [0.29, 0.717) is 35.5 Å². The van der Waals surface area contributed by atoms with Gasteiger partial charge in [-0.05, 0) is 169 Å². The molecule has 60 heavy (non-hydrogen) atoms. The predicted octanol–water partition coefficient (Wildman–Crippen LogP) is 15.1. The highest BCUT2D eigenvalue weighted by Crippen LogP contribution is 2.62. The number of furan rings is 1. The van der Waals surface area contributed by atoms with Gasteiger partial charge < -0.3 is 8.98 Å². The molecule has 6 aliphatic rings. The zero-order valence-electron chi connectivity index (χ0n) is 33.0. The Morgan fingerprint density at radius 3 is 2.00 bits per heavy atom. The van der Waals surface area contributed by atoms with Crippen molar-refractivity contribution in [2.24, 2.45) is 17.8 Å². The van der Waals surface area contributed by atoms with E-state index in [2.05, 4.69) is 175 Å². The Morgan fingerprint density at radius 2 is 1.10 bits per heavy atom. The highest BCUT2D eigenvalue weighted by Gasteiger charge is 2.51. The molecule has 4 unspecified atom stereocenters. The number of para-hydroxylation sites is 2. The molecule has 0 saturated heterocycles. The van der Waals surface area contributed by atoms with Crippen LogP contribution in [0.3, 0.4) is 0 Å². The number of allylic oxidation sites excluding steroid dienone is 8. The Balaban J connectivity index is 0.960. The van der Waals surface area contributed by atoms with Crippen LogP contribution in [-0.4, -0.2) is 4.57 Å². The monoisotopic (exact) mass is 765 g/mol. The van der Waals surface area contributed by atoms with Gasteiger partial charge in [-0.2, -0.15) is 0 Å². The Labute approximate surface area is 347 Å². The van der Waals surface area contributed by atoms with Crippen molar-refractivity contribution in [3.63, 3.8) is 0 Å². The van der Waals surface area contributed by atoms with E-state index in [9.17, 15) is 0 Å². The number of benzene rings is 8. The number of nitrogens with zero attached hydrogens (tertiary/aromatic N) is 1. The average Bonchev–Trinajstić information content (AvgIpc) is 3.98. The molecule has 6 bridgehead atoms.